The maximum absolute atomic E-state index is 12.0. The highest BCUT2D eigenvalue weighted by Gasteiger charge is 2.11. The fraction of sp³-hybridized carbons (Fsp3) is 0.105. The number of carbonyl (C=O) groups is 2. The van der Waals surface area contributed by atoms with E-state index in [9.17, 15) is 9.59 Å². The number of nitrogens with zero attached hydrogens (tertiary/aromatic N) is 1. The van der Waals surface area contributed by atoms with Crippen molar-refractivity contribution in [1.29, 1.82) is 5.26 Å². The first-order chi connectivity index (χ1) is 11.6. The molecule has 24 heavy (non-hydrogen) atoms. The van der Waals surface area contributed by atoms with Crippen LogP contribution >= 0.6 is 0 Å². The van der Waals surface area contributed by atoms with Crippen molar-refractivity contribution in [2.24, 2.45) is 0 Å². The Balaban J connectivity index is 2.06. The molecule has 0 aromatic heterocycles. The molecule has 0 N–H and O–H groups in total. The highest BCUT2D eigenvalue weighted by atomic mass is 16.5. The molecule has 0 unspecified atom stereocenters. The Labute approximate surface area is 139 Å². The predicted octanol–water partition coefficient (Wildman–Crippen LogP) is 3.12. The third kappa shape index (κ3) is 4.55. The lowest BCUT2D eigenvalue weighted by Gasteiger charge is -2.04. The van der Waals surface area contributed by atoms with Crippen LogP contribution in [-0.2, 0) is 20.9 Å². The number of carbonyl (C=O) groups excluding carboxylic acids is 2. The minimum absolute atomic E-state index is 0.0972. The topological polar surface area (TPSA) is 76.4 Å². The van der Waals surface area contributed by atoms with Gasteiger partial charge in [0.15, 0.2) is 0 Å². The van der Waals surface area contributed by atoms with Gasteiger partial charge in [-0.05, 0) is 29.3 Å². The SMILES string of the molecule is COC(=O)c1ccc(/C=C(\C#N)C(=O)OCc2ccccc2)cc1. The molecule has 0 radical (unpaired) electrons. The van der Waals surface area contributed by atoms with Gasteiger partial charge in [-0.25, -0.2) is 9.59 Å². The molecular formula is C19H15NO4. The van der Waals surface area contributed by atoms with Gasteiger partial charge in [-0.3, -0.25) is 0 Å². The lowest BCUT2D eigenvalue weighted by Crippen LogP contribution is -2.06. The summed E-state index contributed by atoms with van der Waals surface area (Å²) in [7, 11) is 1.30. The van der Waals surface area contributed by atoms with E-state index in [1.54, 1.807) is 24.3 Å². The summed E-state index contributed by atoms with van der Waals surface area (Å²) in [6.07, 6.45) is 1.41. The first-order valence-electron chi connectivity index (χ1n) is 7.15. The van der Waals surface area contributed by atoms with Gasteiger partial charge in [0.1, 0.15) is 18.2 Å². The van der Waals surface area contributed by atoms with E-state index >= 15 is 0 Å². The van der Waals surface area contributed by atoms with Crippen molar-refractivity contribution >= 4 is 18.0 Å². The lowest BCUT2D eigenvalue weighted by molar-refractivity contribution is -0.139. The first-order valence-corrected chi connectivity index (χ1v) is 7.15. The van der Waals surface area contributed by atoms with E-state index in [0.717, 1.165) is 5.56 Å². The number of esters is 2. The molecule has 0 saturated heterocycles. The Morgan fingerprint density at radius 2 is 1.75 bits per heavy atom. The maximum Gasteiger partial charge on any atom is 0.349 e. The Hall–Kier alpha value is -3.39. The average Bonchev–Trinajstić information content (AvgIpc) is 2.64. The summed E-state index contributed by atoms with van der Waals surface area (Å²) in [5.74, 6) is -1.15. The molecule has 0 fully saturated rings. The van der Waals surface area contributed by atoms with E-state index < -0.39 is 11.9 Å². The molecule has 0 amide bonds. The second-order valence-corrected chi connectivity index (χ2v) is 4.85. The third-order valence-corrected chi connectivity index (χ3v) is 3.20. The molecule has 0 saturated carbocycles. The molecular weight excluding hydrogens is 306 g/mol. The lowest BCUT2D eigenvalue weighted by atomic mass is 10.1. The summed E-state index contributed by atoms with van der Waals surface area (Å²) in [6, 6.07) is 17.4. The number of nitriles is 1. The summed E-state index contributed by atoms with van der Waals surface area (Å²) >= 11 is 0. The molecule has 5 heteroatoms. The Morgan fingerprint density at radius 1 is 1.08 bits per heavy atom. The fourth-order valence-electron chi connectivity index (χ4n) is 1.94. The number of benzene rings is 2. The molecule has 2 aromatic rings. The minimum atomic E-state index is -0.696. The van der Waals surface area contributed by atoms with E-state index in [-0.39, 0.29) is 12.2 Å². The predicted molar refractivity (Wildman–Crippen MR) is 87.6 cm³/mol. The van der Waals surface area contributed by atoms with Gasteiger partial charge in [-0.15, -0.1) is 0 Å². The zero-order chi connectivity index (χ0) is 17.4. The minimum Gasteiger partial charge on any atom is -0.465 e. The van der Waals surface area contributed by atoms with Gasteiger partial charge in [0.2, 0.25) is 0 Å². The molecule has 0 atom stereocenters. The van der Waals surface area contributed by atoms with E-state index in [0.29, 0.717) is 11.1 Å². The number of rotatable bonds is 5. The van der Waals surface area contributed by atoms with Crippen molar-refractivity contribution in [3.8, 4) is 6.07 Å². The fourth-order valence-corrected chi connectivity index (χ4v) is 1.94. The molecule has 0 aliphatic rings. The van der Waals surface area contributed by atoms with Crippen LogP contribution < -0.4 is 0 Å². The molecule has 0 spiro atoms. The molecule has 0 aliphatic heterocycles. The van der Waals surface area contributed by atoms with Gasteiger partial charge in [0.05, 0.1) is 12.7 Å². The second-order valence-electron chi connectivity index (χ2n) is 4.85. The summed E-state index contributed by atoms with van der Waals surface area (Å²) in [5, 5.41) is 9.14. The van der Waals surface area contributed by atoms with Crippen molar-refractivity contribution < 1.29 is 19.1 Å². The van der Waals surface area contributed by atoms with Crippen LogP contribution in [-0.4, -0.2) is 19.0 Å². The van der Waals surface area contributed by atoms with Crippen LogP contribution in [0.3, 0.4) is 0 Å². The van der Waals surface area contributed by atoms with Crippen LogP contribution in [0.5, 0.6) is 0 Å². The van der Waals surface area contributed by atoms with Crippen LogP contribution in [0, 0.1) is 11.3 Å². The normalized spacial score (nSPS) is 10.6. The van der Waals surface area contributed by atoms with Crippen LogP contribution in [0.4, 0.5) is 0 Å². The first kappa shape index (κ1) is 17.0. The molecule has 0 bridgehead atoms. The Bertz CT molecular complexity index is 786. The molecule has 5 nitrogen and oxygen atoms in total. The number of methoxy groups -OCH3 is 1. The highest BCUT2D eigenvalue weighted by Crippen LogP contribution is 2.12. The van der Waals surface area contributed by atoms with Crippen LogP contribution in [0.15, 0.2) is 60.2 Å². The van der Waals surface area contributed by atoms with E-state index in [1.807, 2.05) is 36.4 Å². The molecule has 120 valence electrons. The van der Waals surface area contributed by atoms with Crippen molar-refractivity contribution in [2.75, 3.05) is 7.11 Å². The van der Waals surface area contributed by atoms with Gasteiger partial charge in [0, 0.05) is 0 Å². The van der Waals surface area contributed by atoms with Gasteiger partial charge < -0.3 is 9.47 Å². The average molecular weight is 321 g/mol. The quantitative estimate of drug-likeness (QED) is 0.480. The van der Waals surface area contributed by atoms with Gasteiger partial charge in [0.25, 0.3) is 0 Å². The molecule has 2 rings (SSSR count). The van der Waals surface area contributed by atoms with E-state index in [2.05, 4.69) is 4.74 Å². The van der Waals surface area contributed by atoms with Crippen LogP contribution in [0.1, 0.15) is 21.5 Å². The molecule has 2 aromatic carbocycles. The van der Waals surface area contributed by atoms with Crippen molar-refractivity contribution in [1.82, 2.24) is 0 Å². The largest absolute Gasteiger partial charge is 0.465 e. The van der Waals surface area contributed by atoms with Gasteiger partial charge in [-0.2, -0.15) is 5.26 Å². The summed E-state index contributed by atoms with van der Waals surface area (Å²) < 4.78 is 9.74. The zero-order valence-corrected chi connectivity index (χ0v) is 13.1. The zero-order valence-electron chi connectivity index (χ0n) is 13.1. The van der Waals surface area contributed by atoms with E-state index in [4.69, 9.17) is 10.00 Å². The van der Waals surface area contributed by atoms with E-state index in [1.165, 1.54) is 13.2 Å². The van der Waals surface area contributed by atoms with Crippen LogP contribution in [0.25, 0.3) is 6.08 Å². The Morgan fingerprint density at radius 3 is 2.33 bits per heavy atom. The second kappa shape index (κ2) is 8.30. The number of ether oxygens (including phenoxy) is 2. The highest BCUT2D eigenvalue weighted by molar-refractivity contribution is 5.98. The van der Waals surface area contributed by atoms with Crippen LogP contribution in [0.2, 0.25) is 0 Å². The van der Waals surface area contributed by atoms with Crippen molar-refractivity contribution in [3.05, 3.63) is 76.9 Å². The molecule has 0 heterocycles. The van der Waals surface area contributed by atoms with Crippen molar-refractivity contribution in [3.63, 3.8) is 0 Å². The number of hydrogen-bond acceptors (Lipinski definition) is 5. The Kier molecular flexibility index (Phi) is 5.87. The number of hydrogen-bond donors (Lipinski definition) is 0. The monoisotopic (exact) mass is 321 g/mol. The third-order valence-electron chi connectivity index (χ3n) is 3.20. The maximum atomic E-state index is 12.0. The summed E-state index contributed by atoms with van der Waals surface area (Å²) in [4.78, 5) is 23.4. The molecule has 0 aliphatic carbocycles. The van der Waals surface area contributed by atoms with Gasteiger partial charge >= 0.3 is 11.9 Å². The van der Waals surface area contributed by atoms with Crippen molar-refractivity contribution in [2.45, 2.75) is 6.61 Å². The van der Waals surface area contributed by atoms with Gasteiger partial charge in [-0.1, -0.05) is 42.5 Å². The summed E-state index contributed by atoms with van der Waals surface area (Å²) in [5.41, 5.74) is 1.72. The standard InChI is InChI=1S/C19H15NO4/c1-23-18(21)16-9-7-14(8-10-16)11-17(12-20)19(22)24-13-15-5-3-2-4-6-15/h2-11H,13H2,1H3/b17-11+. The summed E-state index contributed by atoms with van der Waals surface area (Å²) in [6.45, 7) is 0.0972. The smallest absolute Gasteiger partial charge is 0.349 e.